The van der Waals surface area contributed by atoms with Gasteiger partial charge in [0.25, 0.3) is 0 Å². The third-order valence-electron chi connectivity index (χ3n) is 7.20. The van der Waals surface area contributed by atoms with Crippen molar-refractivity contribution in [3.63, 3.8) is 0 Å². The molecule has 3 aromatic carbocycles. The van der Waals surface area contributed by atoms with Crippen LogP contribution in [0.5, 0.6) is 0 Å². The van der Waals surface area contributed by atoms with E-state index in [2.05, 4.69) is 142 Å². The summed E-state index contributed by atoms with van der Waals surface area (Å²) in [4.78, 5) is 0. The monoisotopic (exact) mass is 610 g/mol. The Hall–Kier alpha value is -0.940. The van der Waals surface area contributed by atoms with E-state index in [0.29, 0.717) is 0 Å². The average molecular weight is 611 g/mol. The Morgan fingerprint density at radius 2 is 0.625 bits per heavy atom. The summed E-state index contributed by atoms with van der Waals surface area (Å²) in [7, 11) is 0. The summed E-state index contributed by atoms with van der Waals surface area (Å²) in [6.07, 6.45) is 0. The lowest BCUT2D eigenvalue weighted by atomic mass is 9.85. The third kappa shape index (κ3) is 10.1. The zero-order valence-electron chi connectivity index (χ0n) is 26.1. The maximum absolute atomic E-state index is 4.56. The summed E-state index contributed by atoms with van der Waals surface area (Å²) in [5.74, 6) is 5.66. The molecule has 0 saturated heterocycles. The van der Waals surface area contributed by atoms with Gasteiger partial charge in [0.2, 0.25) is 0 Å². The minimum Gasteiger partial charge on any atom is -0.175 e. The van der Waals surface area contributed by atoms with Gasteiger partial charge in [0.1, 0.15) is 0 Å². The lowest BCUT2D eigenvalue weighted by Crippen LogP contribution is -2.12. The van der Waals surface area contributed by atoms with Gasteiger partial charge in [0, 0.05) is 34.5 Å². The summed E-state index contributed by atoms with van der Waals surface area (Å²) in [6.45, 7) is 20.7. The van der Waals surface area contributed by atoms with Gasteiger partial charge < -0.3 is 0 Å². The van der Waals surface area contributed by atoms with Crippen molar-refractivity contribution < 1.29 is 0 Å². The summed E-state index contributed by atoms with van der Waals surface area (Å²) < 4.78 is 0. The van der Waals surface area contributed by atoms with Gasteiger partial charge in [0.05, 0.1) is 0 Å². The highest BCUT2D eigenvalue weighted by atomic mass is 32.2. The molecule has 0 nitrogen and oxygen atoms in total. The van der Waals surface area contributed by atoms with E-state index >= 15 is 0 Å². The van der Waals surface area contributed by atoms with Gasteiger partial charge in [-0.2, -0.15) is 48.8 Å². The van der Waals surface area contributed by atoms with Crippen LogP contribution in [0.3, 0.4) is 0 Å². The SMILES string of the molecule is CC(C)(C)c1cc(CS)cc(CSCc2cc(CSCc3cc(CS)cc(C(C)(C)C)c3)cc(C(C)(C)C)c2)c1. The van der Waals surface area contributed by atoms with Crippen LogP contribution in [0.4, 0.5) is 0 Å². The van der Waals surface area contributed by atoms with E-state index < -0.39 is 0 Å². The molecule has 4 heteroatoms. The molecule has 0 bridgehead atoms. The number of thioether (sulfide) groups is 2. The van der Waals surface area contributed by atoms with Crippen molar-refractivity contribution >= 4 is 48.8 Å². The fourth-order valence-electron chi connectivity index (χ4n) is 4.68. The summed E-state index contributed by atoms with van der Waals surface area (Å²) in [6, 6.07) is 21.4. The topological polar surface area (TPSA) is 0 Å². The first-order chi connectivity index (χ1) is 18.6. The number of hydrogen-bond acceptors (Lipinski definition) is 4. The minimum absolute atomic E-state index is 0.130. The minimum atomic E-state index is 0.130. The standard InChI is InChI=1S/C36H50S4/c1-34(2,3)31-13-25(19-37)10-27(15-31)21-39-23-29-12-30(18-33(17-29)36(7,8)9)24-40-22-28-11-26(20-38)14-32(16-28)35(4,5)6/h10-18,37-38H,19-24H2,1-9H3. The van der Waals surface area contributed by atoms with Crippen LogP contribution in [0.15, 0.2) is 54.6 Å². The smallest absolute Gasteiger partial charge is 0.0188 e. The zero-order valence-corrected chi connectivity index (χ0v) is 29.6. The molecule has 3 aromatic rings. The first kappa shape index (κ1) is 33.6. The van der Waals surface area contributed by atoms with Crippen LogP contribution >= 0.6 is 48.8 Å². The van der Waals surface area contributed by atoms with Crippen molar-refractivity contribution in [1.82, 2.24) is 0 Å². The van der Waals surface area contributed by atoms with Gasteiger partial charge in [-0.1, -0.05) is 117 Å². The summed E-state index contributed by atoms with van der Waals surface area (Å²) >= 11 is 13.2. The Balaban J connectivity index is 1.73. The normalized spacial score (nSPS) is 12.7. The number of benzene rings is 3. The molecular formula is C36H50S4. The van der Waals surface area contributed by atoms with Crippen LogP contribution in [0.25, 0.3) is 0 Å². The predicted octanol–water partition coefficient (Wildman–Crippen LogP) is 11.3. The highest BCUT2D eigenvalue weighted by Crippen LogP contribution is 2.32. The van der Waals surface area contributed by atoms with E-state index in [1.54, 1.807) is 0 Å². The molecule has 0 heterocycles. The molecule has 0 saturated carbocycles. The van der Waals surface area contributed by atoms with Crippen LogP contribution in [0.2, 0.25) is 0 Å². The van der Waals surface area contributed by atoms with Crippen molar-refractivity contribution in [2.24, 2.45) is 0 Å². The number of thiol groups is 2. The van der Waals surface area contributed by atoms with Gasteiger partial charge in [0.15, 0.2) is 0 Å². The fraction of sp³-hybridized carbons (Fsp3) is 0.500. The molecule has 0 spiro atoms. The first-order valence-corrected chi connectivity index (χ1v) is 17.9. The van der Waals surface area contributed by atoms with Crippen LogP contribution in [-0.4, -0.2) is 0 Å². The summed E-state index contributed by atoms with van der Waals surface area (Å²) in [5.41, 5.74) is 13.0. The molecule has 218 valence electrons. The second-order valence-electron chi connectivity index (χ2n) is 14.2. The van der Waals surface area contributed by atoms with Crippen molar-refractivity contribution in [2.75, 3.05) is 0 Å². The lowest BCUT2D eigenvalue weighted by Gasteiger charge is -2.22. The maximum atomic E-state index is 4.56. The summed E-state index contributed by atoms with van der Waals surface area (Å²) in [5, 5.41) is 0. The van der Waals surface area contributed by atoms with Gasteiger partial charge in [-0.15, -0.1) is 0 Å². The largest absolute Gasteiger partial charge is 0.175 e. The van der Waals surface area contributed by atoms with Crippen LogP contribution in [0.1, 0.15) is 112 Å². The average Bonchev–Trinajstić information content (AvgIpc) is 2.86. The molecule has 0 unspecified atom stereocenters. The Bertz CT molecular complexity index is 1180. The van der Waals surface area contributed by atoms with E-state index in [1.165, 1.54) is 50.1 Å². The Labute approximate surface area is 265 Å². The highest BCUT2D eigenvalue weighted by molar-refractivity contribution is 7.98. The van der Waals surface area contributed by atoms with Crippen LogP contribution in [-0.2, 0) is 50.8 Å². The molecule has 0 atom stereocenters. The molecule has 40 heavy (non-hydrogen) atoms. The van der Waals surface area contributed by atoms with Crippen molar-refractivity contribution in [3.05, 3.63) is 105 Å². The van der Waals surface area contributed by atoms with E-state index in [1.807, 2.05) is 23.5 Å². The second kappa shape index (κ2) is 14.0. The lowest BCUT2D eigenvalue weighted by molar-refractivity contribution is 0.589. The van der Waals surface area contributed by atoms with Gasteiger partial charge >= 0.3 is 0 Å². The van der Waals surface area contributed by atoms with Crippen molar-refractivity contribution in [2.45, 2.75) is 113 Å². The van der Waals surface area contributed by atoms with Gasteiger partial charge in [-0.05, 0) is 66.3 Å². The van der Waals surface area contributed by atoms with E-state index in [0.717, 1.165) is 34.5 Å². The quantitative estimate of drug-likeness (QED) is 0.219. The van der Waals surface area contributed by atoms with E-state index in [-0.39, 0.29) is 16.2 Å². The number of rotatable bonds is 10. The maximum Gasteiger partial charge on any atom is 0.0188 e. The second-order valence-corrected chi connectivity index (χ2v) is 16.8. The van der Waals surface area contributed by atoms with Crippen molar-refractivity contribution in [1.29, 1.82) is 0 Å². The third-order valence-corrected chi connectivity index (χ3v) is 10.1. The number of hydrogen-bond donors (Lipinski definition) is 2. The molecule has 0 aliphatic carbocycles. The Kier molecular flexibility index (Phi) is 11.8. The molecule has 0 radical (unpaired) electrons. The molecule has 0 N–H and O–H groups in total. The molecular weight excluding hydrogens is 561 g/mol. The Morgan fingerprint density at radius 3 is 0.850 bits per heavy atom. The Morgan fingerprint density at radius 1 is 0.400 bits per heavy atom. The van der Waals surface area contributed by atoms with E-state index in [4.69, 9.17) is 0 Å². The van der Waals surface area contributed by atoms with Gasteiger partial charge in [-0.25, -0.2) is 0 Å². The molecule has 0 fully saturated rings. The van der Waals surface area contributed by atoms with Crippen LogP contribution in [0, 0.1) is 0 Å². The van der Waals surface area contributed by atoms with Crippen molar-refractivity contribution in [3.8, 4) is 0 Å². The molecule has 0 aliphatic rings. The molecule has 0 amide bonds. The zero-order chi connectivity index (χ0) is 29.7. The fourth-order valence-corrected chi connectivity index (χ4v) is 6.85. The van der Waals surface area contributed by atoms with Gasteiger partial charge in [-0.3, -0.25) is 0 Å². The molecule has 3 rings (SSSR count). The molecule has 0 aliphatic heterocycles. The predicted molar refractivity (Wildman–Crippen MR) is 191 cm³/mol. The highest BCUT2D eigenvalue weighted by Gasteiger charge is 2.18. The van der Waals surface area contributed by atoms with E-state index in [9.17, 15) is 0 Å². The first-order valence-electron chi connectivity index (χ1n) is 14.4. The molecule has 0 aromatic heterocycles. The van der Waals surface area contributed by atoms with Crippen LogP contribution < -0.4 is 0 Å².